The van der Waals surface area contributed by atoms with E-state index in [0.717, 1.165) is 5.56 Å². The molecule has 3 aromatic rings. The molecule has 0 fully saturated rings. The molecule has 104 valence electrons. The summed E-state index contributed by atoms with van der Waals surface area (Å²) in [5.41, 5.74) is 2.67. The zero-order chi connectivity index (χ0) is 15.0. The molecule has 0 aliphatic carbocycles. The van der Waals surface area contributed by atoms with Gasteiger partial charge in [0, 0.05) is 23.5 Å². The molecule has 0 unspecified atom stereocenters. The number of hydrogen-bond acceptors (Lipinski definition) is 4. The topological polar surface area (TPSA) is 86.8 Å². The van der Waals surface area contributed by atoms with Crippen molar-refractivity contribution in [3.8, 4) is 17.3 Å². The van der Waals surface area contributed by atoms with Crippen molar-refractivity contribution in [3.05, 3.63) is 52.2 Å². The average Bonchev–Trinajstić information content (AvgIpc) is 2.91. The van der Waals surface area contributed by atoms with Gasteiger partial charge in [-0.25, -0.2) is 0 Å². The first-order valence-electron chi connectivity index (χ1n) is 6.58. The summed E-state index contributed by atoms with van der Waals surface area (Å²) >= 11 is 0. The van der Waals surface area contributed by atoms with Gasteiger partial charge in [0.15, 0.2) is 5.65 Å². The predicted octanol–water partition coefficient (Wildman–Crippen LogP) is 2.08. The summed E-state index contributed by atoms with van der Waals surface area (Å²) in [5.74, 6) is 0.0168. The average molecular weight is 279 g/mol. The third kappa shape index (κ3) is 1.99. The fourth-order valence-corrected chi connectivity index (χ4v) is 2.39. The van der Waals surface area contributed by atoms with Gasteiger partial charge in [0.1, 0.15) is 11.6 Å². The van der Waals surface area contributed by atoms with E-state index in [1.54, 1.807) is 12.4 Å². The van der Waals surface area contributed by atoms with E-state index in [9.17, 15) is 4.79 Å². The molecule has 3 heterocycles. The van der Waals surface area contributed by atoms with Crippen LogP contribution in [-0.2, 0) is 0 Å². The molecule has 0 radical (unpaired) electrons. The normalized spacial score (nSPS) is 11.0. The summed E-state index contributed by atoms with van der Waals surface area (Å²) in [4.78, 5) is 19.9. The standard InChI is InChI=1S/C15H13N5O/c1-9(2)12-13(10-4-3-5-17-7-10)19-14-11(6-16)8-18-20(14)15(12)21/h3-5,7-9,19H,1-2H3. The number of nitrogens with one attached hydrogen (secondary N) is 1. The first-order chi connectivity index (χ1) is 10.1. The summed E-state index contributed by atoms with van der Waals surface area (Å²) in [6.45, 7) is 3.90. The maximum Gasteiger partial charge on any atom is 0.278 e. The van der Waals surface area contributed by atoms with E-state index in [1.165, 1.54) is 10.7 Å². The quantitative estimate of drug-likeness (QED) is 0.778. The predicted molar refractivity (Wildman–Crippen MR) is 77.8 cm³/mol. The van der Waals surface area contributed by atoms with E-state index in [-0.39, 0.29) is 11.5 Å². The second-order valence-electron chi connectivity index (χ2n) is 5.05. The maximum absolute atomic E-state index is 12.6. The van der Waals surface area contributed by atoms with Gasteiger partial charge in [0.2, 0.25) is 0 Å². The first-order valence-corrected chi connectivity index (χ1v) is 6.58. The molecule has 0 saturated carbocycles. The fourth-order valence-electron chi connectivity index (χ4n) is 2.39. The Morgan fingerprint density at radius 1 is 1.38 bits per heavy atom. The maximum atomic E-state index is 12.6. The Morgan fingerprint density at radius 2 is 2.19 bits per heavy atom. The molecule has 0 spiro atoms. The van der Waals surface area contributed by atoms with Crippen LogP contribution in [0.2, 0.25) is 0 Å². The Bertz CT molecular complexity index is 899. The van der Waals surface area contributed by atoms with Crippen LogP contribution in [0, 0.1) is 11.3 Å². The van der Waals surface area contributed by atoms with Crippen LogP contribution in [0.1, 0.15) is 30.9 Å². The van der Waals surface area contributed by atoms with Crippen LogP contribution in [0.3, 0.4) is 0 Å². The lowest BCUT2D eigenvalue weighted by atomic mass is 9.99. The van der Waals surface area contributed by atoms with Crippen LogP contribution >= 0.6 is 0 Å². The minimum atomic E-state index is -0.209. The van der Waals surface area contributed by atoms with Gasteiger partial charge in [-0.1, -0.05) is 13.8 Å². The lowest BCUT2D eigenvalue weighted by Crippen LogP contribution is -2.22. The van der Waals surface area contributed by atoms with Gasteiger partial charge in [0.05, 0.1) is 11.9 Å². The van der Waals surface area contributed by atoms with Crippen LogP contribution in [0.5, 0.6) is 0 Å². The molecule has 21 heavy (non-hydrogen) atoms. The molecule has 0 atom stereocenters. The van der Waals surface area contributed by atoms with Gasteiger partial charge in [0.25, 0.3) is 5.56 Å². The van der Waals surface area contributed by atoms with E-state index in [4.69, 9.17) is 5.26 Å². The van der Waals surface area contributed by atoms with E-state index in [2.05, 4.69) is 15.1 Å². The zero-order valence-electron chi connectivity index (χ0n) is 11.7. The summed E-state index contributed by atoms with van der Waals surface area (Å²) < 4.78 is 1.24. The van der Waals surface area contributed by atoms with E-state index < -0.39 is 0 Å². The van der Waals surface area contributed by atoms with Crippen molar-refractivity contribution in [1.82, 2.24) is 19.6 Å². The van der Waals surface area contributed by atoms with Gasteiger partial charge in [-0.05, 0) is 18.1 Å². The van der Waals surface area contributed by atoms with Crippen molar-refractivity contribution in [2.45, 2.75) is 19.8 Å². The molecule has 0 aliphatic rings. The third-order valence-electron chi connectivity index (χ3n) is 3.35. The second-order valence-corrected chi connectivity index (χ2v) is 5.05. The van der Waals surface area contributed by atoms with Gasteiger partial charge in [-0.2, -0.15) is 14.9 Å². The Kier molecular flexibility index (Phi) is 3.03. The molecule has 3 rings (SSSR count). The fraction of sp³-hybridized carbons (Fsp3) is 0.200. The number of fused-ring (bicyclic) bond motifs is 1. The molecule has 3 aromatic heterocycles. The summed E-state index contributed by atoms with van der Waals surface area (Å²) in [7, 11) is 0. The van der Waals surface area contributed by atoms with Crippen molar-refractivity contribution in [2.75, 3.05) is 0 Å². The number of H-pyrrole nitrogens is 1. The molecule has 6 heteroatoms. The van der Waals surface area contributed by atoms with Gasteiger partial charge < -0.3 is 4.98 Å². The molecule has 1 N–H and O–H groups in total. The van der Waals surface area contributed by atoms with Gasteiger partial charge in [-0.15, -0.1) is 0 Å². The summed E-state index contributed by atoms with van der Waals surface area (Å²) in [6.07, 6.45) is 4.76. The van der Waals surface area contributed by atoms with Crippen molar-refractivity contribution >= 4 is 5.65 Å². The lowest BCUT2D eigenvalue weighted by molar-refractivity contribution is 0.797. The Labute approximate surface area is 120 Å². The van der Waals surface area contributed by atoms with E-state index in [1.807, 2.05) is 32.0 Å². The zero-order valence-corrected chi connectivity index (χ0v) is 11.7. The highest BCUT2D eigenvalue weighted by atomic mass is 16.1. The molecular formula is C15H13N5O. The monoisotopic (exact) mass is 279 g/mol. The van der Waals surface area contributed by atoms with Crippen LogP contribution in [-0.4, -0.2) is 19.6 Å². The smallest absolute Gasteiger partial charge is 0.278 e. The molecule has 6 nitrogen and oxygen atoms in total. The van der Waals surface area contributed by atoms with Gasteiger partial charge >= 0.3 is 0 Å². The molecule has 0 amide bonds. The molecular weight excluding hydrogens is 266 g/mol. The Morgan fingerprint density at radius 3 is 2.81 bits per heavy atom. The molecule has 0 saturated heterocycles. The molecule has 0 aromatic carbocycles. The number of aromatic nitrogens is 4. The summed E-state index contributed by atoms with van der Waals surface area (Å²) in [5, 5.41) is 13.1. The highest BCUT2D eigenvalue weighted by Gasteiger charge is 2.18. The Balaban J connectivity index is 2.45. The lowest BCUT2D eigenvalue weighted by Gasteiger charge is -2.12. The number of nitriles is 1. The minimum Gasteiger partial charge on any atom is -0.338 e. The number of rotatable bonds is 2. The van der Waals surface area contributed by atoms with Crippen molar-refractivity contribution in [1.29, 1.82) is 5.26 Å². The SMILES string of the molecule is CC(C)c1c(-c2cccnc2)[nH]c2c(C#N)cnn2c1=O. The minimum absolute atomic E-state index is 0.0168. The number of nitrogens with zero attached hydrogens (tertiary/aromatic N) is 4. The van der Waals surface area contributed by atoms with Crippen LogP contribution < -0.4 is 5.56 Å². The van der Waals surface area contributed by atoms with Gasteiger partial charge in [-0.3, -0.25) is 9.78 Å². The van der Waals surface area contributed by atoms with E-state index in [0.29, 0.717) is 22.5 Å². The second kappa shape index (κ2) is 4.87. The van der Waals surface area contributed by atoms with Crippen LogP contribution in [0.15, 0.2) is 35.5 Å². The largest absolute Gasteiger partial charge is 0.338 e. The van der Waals surface area contributed by atoms with E-state index >= 15 is 0 Å². The highest BCUT2D eigenvalue weighted by Crippen LogP contribution is 2.25. The molecule has 0 aliphatic heterocycles. The van der Waals surface area contributed by atoms with Crippen molar-refractivity contribution in [3.63, 3.8) is 0 Å². The first kappa shape index (κ1) is 13.1. The number of hydrogen-bond donors (Lipinski definition) is 1. The Hall–Kier alpha value is -2.94. The summed E-state index contributed by atoms with van der Waals surface area (Å²) in [6, 6.07) is 5.72. The number of pyridine rings is 1. The molecule has 0 bridgehead atoms. The van der Waals surface area contributed by atoms with Crippen molar-refractivity contribution in [2.24, 2.45) is 0 Å². The van der Waals surface area contributed by atoms with Crippen molar-refractivity contribution < 1.29 is 0 Å². The van der Waals surface area contributed by atoms with Crippen LogP contribution in [0.4, 0.5) is 0 Å². The number of aromatic amines is 1. The third-order valence-corrected chi connectivity index (χ3v) is 3.35. The highest BCUT2D eigenvalue weighted by molar-refractivity contribution is 5.67. The van der Waals surface area contributed by atoms with Crippen LogP contribution in [0.25, 0.3) is 16.9 Å².